The van der Waals surface area contributed by atoms with Gasteiger partial charge in [-0.2, -0.15) is 0 Å². The first kappa shape index (κ1) is 16.6. The first-order valence-electron chi connectivity index (χ1n) is 8.91. The Bertz CT molecular complexity index is 847. The molecule has 2 aliphatic rings. The number of piperidine rings is 1. The van der Waals surface area contributed by atoms with Gasteiger partial charge in [0, 0.05) is 18.5 Å². The summed E-state index contributed by atoms with van der Waals surface area (Å²) in [5, 5.41) is 3.06. The average molecular weight is 350 g/mol. The Balaban J connectivity index is 1.74. The van der Waals surface area contributed by atoms with E-state index in [4.69, 9.17) is 4.74 Å². The lowest BCUT2D eigenvalue weighted by atomic mass is 9.86. The van der Waals surface area contributed by atoms with E-state index < -0.39 is 0 Å². The third-order valence-electron chi connectivity index (χ3n) is 5.38. The highest BCUT2D eigenvalue weighted by atomic mass is 16.5. The van der Waals surface area contributed by atoms with Crippen LogP contribution in [0.3, 0.4) is 0 Å². The Morgan fingerprint density at radius 2 is 1.77 bits per heavy atom. The molecule has 2 heterocycles. The molecule has 1 N–H and O–H groups in total. The van der Waals surface area contributed by atoms with Crippen LogP contribution in [0.5, 0.6) is 5.75 Å². The minimum Gasteiger partial charge on any atom is -0.497 e. The Kier molecular flexibility index (Phi) is 4.15. The summed E-state index contributed by atoms with van der Waals surface area (Å²) in [6.07, 6.45) is 1.46. The second-order valence-corrected chi connectivity index (χ2v) is 6.97. The summed E-state index contributed by atoms with van der Waals surface area (Å²) in [6.45, 7) is 1.54. The van der Waals surface area contributed by atoms with E-state index in [2.05, 4.69) is 5.32 Å². The third kappa shape index (κ3) is 2.73. The largest absolute Gasteiger partial charge is 0.497 e. The van der Waals surface area contributed by atoms with Gasteiger partial charge in [0.05, 0.1) is 19.2 Å². The number of carbonyl (C=O) groups excluding carboxylic acids is 2. The fourth-order valence-electron chi connectivity index (χ4n) is 4.29. The van der Waals surface area contributed by atoms with Crippen LogP contribution in [0.1, 0.15) is 53.3 Å². The molecule has 5 nitrogen and oxygen atoms in total. The summed E-state index contributed by atoms with van der Waals surface area (Å²) >= 11 is 0. The van der Waals surface area contributed by atoms with Crippen LogP contribution >= 0.6 is 0 Å². The first-order valence-corrected chi connectivity index (χ1v) is 8.91. The second kappa shape index (κ2) is 6.48. The second-order valence-electron chi connectivity index (χ2n) is 6.97. The zero-order chi connectivity index (χ0) is 18.3. The summed E-state index contributed by atoms with van der Waals surface area (Å²) in [4.78, 5) is 26.7. The molecule has 26 heavy (non-hydrogen) atoms. The topological polar surface area (TPSA) is 58.6 Å². The zero-order valence-electron chi connectivity index (χ0n) is 14.9. The Hall–Kier alpha value is -2.82. The van der Waals surface area contributed by atoms with Gasteiger partial charge in [0.2, 0.25) is 5.91 Å². The highest BCUT2D eigenvalue weighted by Gasteiger charge is 2.46. The Morgan fingerprint density at radius 3 is 2.46 bits per heavy atom. The third-order valence-corrected chi connectivity index (χ3v) is 5.38. The lowest BCUT2D eigenvalue weighted by Crippen LogP contribution is -2.46. The van der Waals surface area contributed by atoms with Gasteiger partial charge in [-0.1, -0.05) is 30.3 Å². The van der Waals surface area contributed by atoms with Crippen LogP contribution in [0.4, 0.5) is 0 Å². The zero-order valence-corrected chi connectivity index (χ0v) is 14.9. The van der Waals surface area contributed by atoms with Crippen molar-refractivity contribution in [3.05, 3.63) is 65.2 Å². The molecule has 0 aromatic heterocycles. The molecular formula is C21H22N2O3. The molecule has 5 heteroatoms. The van der Waals surface area contributed by atoms with Crippen molar-refractivity contribution in [1.82, 2.24) is 10.2 Å². The minimum absolute atomic E-state index is 0.00333. The number of hydrogen-bond donors (Lipinski definition) is 1. The first-order chi connectivity index (χ1) is 12.6. The van der Waals surface area contributed by atoms with E-state index in [9.17, 15) is 9.59 Å². The van der Waals surface area contributed by atoms with Crippen molar-refractivity contribution < 1.29 is 14.3 Å². The molecule has 0 unspecified atom stereocenters. The number of amides is 2. The molecule has 3 atom stereocenters. The maximum atomic E-state index is 13.1. The van der Waals surface area contributed by atoms with Crippen molar-refractivity contribution >= 4 is 11.8 Å². The summed E-state index contributed by atoms with van der Waals surface area (Å²) in [5.74, 6) is 0.831. The van der Waals surface area contributed by atoms with Crippen LogP contribution in [-0.2, 0) is 4.79 Å². The summed E-state index contributed by atoms with van der Waals surface area (Å²) in [5.41, 5.74) is 2.90. The molecule has 2 aromatic carbocycles. The minimum atomic E-state index is -0.0728. The molecule has 2 aromatic rings. The predicted octanol–water partition coefficient (Wildman–Crippen LogP) is 3.23. The summed E-state index contributed by atoms with van der Waals surface area (Å²) < 4.78 is 5.25. The maximum Gasteiger partial charge on any atom is 0.255 e. The molecule has 4 rings (SSSR count). The molecule has 2 aliphatic heterocycles. The maximum absolute atomic E-state index is 13.1. The van der Waals surface area contributed by atoms with Crippen LogP contribution in [-0.4, -0.2) is 29.9 Å². The summed E-state index contributed by atoms with van der Waals surface area (Å²) in [6, 6.07) is 15.6. The lowest BCUT2D eigenvalue weighted by molar-refractivity contribution is -0.120. The number of ether oxygens (including phenoxy) is 1. The van der Waals surface area contributed by atoms with Crippen LogP contribution in [0.15, 0.2) is 48.5 Å². The fourth-order valence-corrected chi connectivity index (χ4v) is 4.29. The molecule has 0 spiro atoms. The molecule has 134 valence electrons. The van der Waals surface area contributed by atoms with Crippen molar-refractivity contribution in [1.29, 1.82) is 0 Å². The van der Waals surface area contributed by atoms with Gasteiger partial charge >= 0.3 is 0 Å². The van der Waals surface area contributed by atoms with Crippen LogP contribution in [0.25, 0.3) is 0 Å². The average Bonchev–Trinajstić information content (AvgIpc) is 2.94. The molecule has 1 fully saturated rings. The van der Waals surface area contributed by atoms with Crippen LogP contribution in [0.2, 0.25) is 0 Å². The van der Waals surface area contributed by atoms with Crippen molar-refractivity contribution in [2.45, 2.75) is 37.9 Å². The van der Waals surface area contributed by atoms with Gasteiger partial charge in [-0.25, -0.2) is 0 Å². The number of benzene rings is 2. The fraction of sp³-hybridized carbons (Fsp3) is 0.333. The van der Waals surface area contributed by atoms with Gasteiger partial charge in [-0.05, 0) is 42.2 Å². The number of carbonyl (C=O) groups is 2. The molecule has 0 bridgehead atoms. The molecule has 1 saturated heterocycles. The number of rotatable bonds is 3. The van der Waals surface area contributed by atoms with E-state index in [1.54, 1.807) is 14.0 Å². The number of nitrogens with one attached hydrogen (secondary N) is 1. The van der Waals surface area contributed by atoms with Gasteiger partial charge in [-0.15, -0.1) is 0 Å². The van der Waals surface area contributed by atoms with Gasteiger partial charge in [0.15, 0.2) is 0 Å². The molecule has 0 radical (unpaired) electrons. The molecular weight excluding hydrogens is 328 g/mol. The van der Waals surface area contributed by atoms with Gasteiger partial charge < -0.3 is 15.0 Å². The van der Waals surface area contributed by atoms with Gasteiger partial charge in [0.25, 0.3) is 5.91 Å². The van der Waals surface area contributed by atoms with Gasteiger partial charge in [0.1, 0.15) is 5.75 Å². The van der Waals surface area contributed by atoms with Crippen molar-refractivity contribution in [2.75, 3.05) is 7.11 Å². The van der Waals surface area contributed by atoms with E-state index >= 15 is 0 Å². The Labute approximate surface area is 153 Å². The van der Waals surface area contributed by atoms with E-state index in [-0.39, 0.29) is 29.9 Å². The quantitative estimate of drug-likeness (QED) is 0.925. The predicted molar refractivity (Wildman–Crippen MR) is 97.9 cm³/mol. The molecule has 0 saturated carbocycles. The van der Waals surface area contributed by atoms with Crippen molar-refractivity contribution in [3.8, 4) is 5.75 Å². The highest BCUT2D eigenvalue weighted by molar-refractivity contribution is 5.99. The molecule has 2 amide bonds. The monoisotopic (exact) mass is 350 g/mol. The van der Waals surface area contributed by atoms with E-state index in [1.807, 2.05) is 53.4 Å². The standard InChI is InChI=1S/C21H22N2O3/c1-13(24)22-15-11-19(14-7-9-16(26-2)10-8-14)23-20(12-15)17-5-3-4-6-18(17)21(23)25/h3-10,15,19-20H,11-12H2,1-2H3,(H,22,24)/t15-,19+,20+/m1/s1. The molecule has 0 aliphatic carbocycles. The van der Waals surface area contributed by atoms with E-state index in [1.165, 1.54) is 0 Å². The van der Waals surface area contributed by atoms with Crippen LogP contribution in [0, 0.1) is 0 Å². The normalized spacial score (nSPS) is 24.0. The highest BCUT2D eigenvalue weighted by Crippen LogP contribution is 2.47. The SMILES string of the molecule is COc1ccc([C@@H]2C[C@@H](NC(C)=O)C[C@H]3c4ccccc4C(=O)N23)cc1. The number of hydrogen-bond acceptors (Lipinski definition) is 3. The van der Waals surface area contributed by atoms with E-state index in [0.717, 1.165) is 28.9 Å². The van der Waals surface area contributed by atoms with E-state index in [0.29, 0.717) is 6.42 Å². The van der Waals surface area contributed by atoms with Crippen molar-refractivity contribution in [2.24, 2.45) is 0 Å². The van der Waals surface area contributed by atoms with Crippen LogP contribution < -0.4 is 10.1 Å². The number of nitrogens with zero attached hydrogens (tertiary/aromatic N) is 1. The van der Waals surface area contributed by atoms with Gasteiger partial charge in [-0.3, -0.25) is 9.59 Å². The Morgan fingerprint density at radius 1 is 1.08 bits per heavy atom. The summed E-state index contributed by atoms with van der Waals surface area (Å²) in [7, 11) is 1.64. The van der Waals surface area contributed by atoms with Crippen molar-refractivity contribution in [3.63, 3.8) is 0 Å². The number of fused-ring (bicyclic) bond motifs is 3. The number of methoxy groups -OCH3 is 1. The smallest absolute Gasteiger partial charge is 0.255 e. The lowest BCUT2D eigenvalue weighted by Gasteiger charge is -2.42.